The van der Waals surface area contributed by atoms with Gasteiger partial charge in [0.15, 0.2) is 0 Å². The molecule has 0 spiro atoms. The summed E-state index contributed by atoms with van der Waals surface area (Å²) in [6.45, 7) is 16.1. The minimum atomic E-state index is -0.573. The molecule has 1 fully saturated rings. The Morgan fingerprint density at radius 3 is 1.85 bits per heavy atom. The fraction of sp³-hybridized carbons (Fsp3) is 0.484. The SMILES string of the molecule is CC(C)=C(c1ccc(C2C(=O)CCCC2=O)cc1)c1cc2c(cc1C)C(C)(C)CCC2(C)C. The van der Waals surface area contributed by atoms with Crippen LogP contribution in [-0.2, 0) is 20.4 Å². The molecule has 4 rings (SSSR count). The molecule has 2 nitrogen and oxygen atoms in total. The van der Waals surface area contributed by atoms with Crippen LogP contribution in [0, 0.1) is 6.92 Å². The molecule has 33 heavy (non-hydrogen) atoms. The largest absolute Gasteiger partial charge is 0.299 e. The summed E-state index contributed by atoms with van der Waals surface area (Å²) in [5.74, 6) is -0.440. The highest BCUT2D eigenvalue weighted by Crippen LogP contribution is 2.47. The van der Waals surface area contributed by atoms with Crippen molar-refractivity contribution in [2.24, 2.45) is 0 Å². The minimum absolute atomic E-state index is 0.0665. The molecule has 0 aromatic heterocycles. The monoisotopic (exact) mass is 442 g/mol. The summed E-state index contributed by atoms with van der Waals surface area (Å²) < 4.78 is 0. The highest BCUT2D eigenvalue weighted by atomic mass is 16.2. The van der Waals surface area contributed by atoms with Crippen molar-refractivity contribution in [1.29, 1.82) is 0 Å². The zero-order valence-corrected chi connectivity index (χ0v) is 21.4. The summed E-state index contributed by atoms with van der Waals surface area (Å²) in [4.78, 5) is 24.8. The summed E-state index contributed by atoms with van der Waals surface area (Å²) in [6.07, 6.45) is 4.12. The molecule has 0 bridgehead atoms. The van der Waals surface area contributed by atoms with Gasteiger partial charge < -0.3 is 0 Å². The second kappa shape index (κ2) is 8.38. The van der Waals surface area contributed by atoms with E-state index in [9.17, 15) is 9.59 Å². The summed E-state index contributed by atoms with van der Waals surface area (Å²) >= 11 is 0. The first-order valence-electron chi connectivity index (χ1n) is 12.4. The van der Waals surface area contributed by atoms with Gasteiger partial charge in [0.1, 0.15) is 17.5 Å². The van der Waals surface area contributed by atoms with Crippen LogP contribution in [0.1, 0.15) is 113 Å². The molecule has 0 saturated heterocycles. The lowest BCUT2D eigenvalue weighted by atomic mass is 9.62. The highest BCUT2D eigenvalue weighted by molar-refractivity contribution is 6.09. The van der Waals surface area contributed by atoms with Crippen molar-refractivity contribution >= 4 is 17.1 Å². The fourth-order valence-corrected chi connectivity index (χ4v) is 5.82. The number of hydrogen-bond donors (Lipinski definition) is 0. The average Bonchev–Trinajstić information content (AvgIpc) is 2.73. The van der Waals surface area contributed by atoms with Crippen LogP contribution in [-0.4, -0.2) is 11.6 Å². The van der Waals surface area contributed by atoms with Crippen LogP contribution in [0.5, 0.6) is 0 Å². The fourth-order valence-electron chi connectivity index (χ4n) is 5.82. The van der Waals surface area contributed by atoms with Gasteiger partial charge >= 0.3 is 0 Å². The van der Waals surface area contributed by atoms with Gasteiger partial charge in [0.25, 0.3) is 0 Å². The van der Waals surface area contributed by atoms with Gasteiger partial charge in [-0.1, -0.05) is 69.7 Å². The molecule has 2 aromatic rings. The Labute approximate surface area is 199 Å². The first kappa shape index (κ1) is 23.7. The number of rotatable bonds is 3. The van der Waals surface area contributed by atoms with E-state index in [1.165, 1.54) is 46.2 Å². The number of carbonyl (C=O) groups is 2. The van der Waals surface area contributed by atoms with Gasteiger partial charge in [0.2, 0.25) is 0 Å². The number of hydrogen-bond acceptors (Lipinski definition) is 2. The van der Waals surface area contributed by atoms with Crippen LogP contribution < -0.4 is 0 Å². The molecule has 0 atom stereocenters. The van der Waals surface area contributed by atoms with Gasteiger partial charge in [-0.25, -0.2) is 0 Å². The molecule has 2 aromatic carbocycles. The van der Waals surface area contributed by atoms with Crippen LogP contribution in [0.3, 0.4) is 0 Å². The predicted molar refractivity (Wildman–Crippen MR) is 137 cm³/mol. The average molecular weight is 443 g/mol. The maximum atomic E-state index is 12.4. The van der Waals surface area contributed by atoms with E-state index in [-0.39, 0.29) is 22.4 Å². The Kier molecular flexibility index (Phi) is 6.01. The van der Waals surface area contributed by atoms with E-state index in [1.54, 1.807) is 0 Å². The van der Waals surface area contributed by atoms with Crippen molar-refractivity contribution in [1.82, 2.24) is 0 Å². The van der Waals surface area contributed by atoms with Crippen molar-refractivity contribution in [2.45, 2.75) is 97.3 Å². The second-order valence-corrected chi connectivity index (χ2v) is 11.7. The van der Waals surface area contributed by atoms with E-state index in [1.807, 2.05) is 12.1 Å². The predicted octanol–water partition coefficient (Wildman–Crippen LogP) is 7.59. The molecule has 2 aliphatic rings. The van der Waals surface area contributed by atoms with E-state index >= 15 is 0 Å². The molecular weight excluding hydrogens is 404 g/mol. The first-order valence-corrected chi connectivity index (χ1v) is 12.4. The molecule has 0 radical (unpaired) electrons. The molecule has 174 valence electrons. The zero-order valence-electron chi connectivity index (χ0n) is 21.4. The Balaban J connectivity index is 1.79. The van der Waals surface area contributed by atoms with Crippen LogP contribution in [0.4, 0.5) is 0 Å². The number of allylic oxidation sites excluding steroid dienone is 1. The van der Waals surface area contributed by atoms with Crippen molar-refractivity contribution in [2.75, 3.05) is 0 Å². The lowest BCUT2D eigenvalue weighted by molar-refractivity contribution is -0.131. The van der Waals surface area contributed by atoms with Gasteiger partial charge in [0, 0.05) is 12.8 Å². The number of benzene rings is 2. The van der Waals surface area contributed by atoms with Gasteiger partial charge in [-0.15, -0.1) is 0 Å². The molecule has 0 aliphatic heterocycles. The van der Waals surface area contributed by atoms with Crippen molar-refractivity contribution in [3.05, 3.63) is 75.4 Å². The number of fused-ring (bicyclic) bond motifs is 1. The summed E-state index contributed by atoms with van der Waals surface area (Å²) in [6, 6.07) is 13.0. The van der Waals surface area contributed by atoms with Gasteiger partial charge in [-0.2, -0.15) is 0 Å². The molecule has 1 saturated carbocycles. The number of aryl methyl sites for hydroxylation is 1. The Bertz CT molecular complexity index is 1120. The van der Waals surface area contributed by atoms with Crippen LogP contribution >= 0.6 is 0 Å². The number of ketones is 2. The quantitative estimate of drug-likeness (QED) is 0.459. The summed E-state index contributed by atoms with van der Waals surface area (Å²) in [7, 11) is 0. The van der Waals surface area contributed by atoms with E-state index < -0.39 is 5.92 Å². The maximum absolute atomic E-state index is 12.4. The molecular formula is C31H38O2. The number of Topliss-reactive ketones (excluding diaryl/α,β-unsaturated/α-hetero) is 2. The van der Waals surface area contributed by atoms with Crippen LogP contribution in [0.25, 0.3) is 5.57 Å². The molecule has 0 N–H and O–H groups in total. The van der Waals surface area contributed by atoms with E-state index in [0.29, 0.717) is 19.3 Å². The van der Waals surface area contributed by atoms with Gasteiger partial charge in [0.05, 0.1) is 0 Å². The summed E-state index contributed by atoms with van der Waals surface area (Å²) in [5, 5.41) is 0. The standard InChI is InChI=1S/C31H38O2/c1-19(2)28(21-11-13-22(14-12-21)29-26(32)9-8-10-27(29)33)23-18-25-24(17-20(23)3)30(4,5)15-16-31(25,6)7/h11-14,17-18,29H,8-10,15-16H2,1-7H3. The van der Waals surface area contributed by atoms with Crippen molar-refractivity contribution in [3.8, 4) is 0 Å². The minimum Gasteiger partial charge on any atom is -0.299 e. The molecule has 2 heteroatoms. The lowest BCUT2D eigenvalue weighted by Crippen LogP contribution is -2.34. The Hall–Kier alpha value is -2.48. The first-order chi connectivity index (χ1) is 15.4. The topological polar surface area (TPSA) is 34.1 Å². The third-order valence-corrected chi connectivity index (χ3v) is 7.99. The maximum Gasteiger partial charge on any atom is 0.147 e. The van der Waals surface area contributed by atoms with E-state index in [4.69, 9.17) is 0 Å². The Morgan fingerprint density at radius 1 is 0.818 bits per heavy atom. The molecule has 0 heterocycles. The van der Waals surface area contributed by atoms with Crippen LogP contribution in [0.2, 0.25) is 0 Å². The van der Waals surface area contributed by atoms with Crippen molar-refractivity contribution in [3.63, 3.8) is 0 Å². The van der Waals surface area contributed by atoms with Gasteiger partial charge in [-0.3, -0.25) is 9.59 Å². The molecule has 2 aliphatic carbocycles. The second-order valence-electron chi connectivity index (χ2n) is 11.7. The molecule has 0 amide bonds. The normalized spacial score (nSPS) is 19.8. The van der Waals surface area contributed by atoms with Gasteiger partial charge in [-0.05, 0) is 89.8 Å². The lowest BCUT2D eigenvalue weighted by Gasteiger charge is -2.42. The summed E-state index contributed by atoms with van der Waals surface area (Å²) in [5.41, 5.74) is 10.4. The van der Waals surface area contributed by atoms with E-state index in [2.05, 4.69) is 72.7 Å². The number of carbonyl (C=O) groups excluding carboxylic acids is 2. The highest BCUT2D eigenvalue weighted by Gasteiger charge is 2.38. The third-order valence-electron chi connectivity index (χ3n) is 7.99. The van der Waals surface area contributed by atoms with Crippen molar-refractivity contribution < 1.29 is 9.59 Å². The smallest absolute Gasteiger partial charge is 0.147 e. The Morgan fingerprint density at radius 2 is 1.33 bits per heavy atom. The third kappa shape index (κ3) is 4.25. The zero-order chi connectivity index (χ0) is 24.1. The van der Waals surface area contributed by atoms with E-state index in [0.717, 1.165) is 11.1 Å². The molecule has 0 unspecified atom stereocenters. The van der Waals surface area contributed by atoms with Crippen LogP contribution in [0.15, 0.2) is 42.0 Å².